The number of carbonyl (C=O) groups is 2. The maximum Gasteiger partial charge on any atom is 0.251 e. The van der Waals surface area contributed by atoms with Gasteiger partial charge in [0.2, 0.25) is 11.7 Å². The van der Waals surface area contributed by atoms with Crippen LogP contribution in [-0.2, 0) is 11.2 Å². The number of carbonyl (C=O) groups excluding carboxylic acids is 2. The molecule has 2 aromatic carbocycles. The predicted octanol–water partition coefficient (Wildman–Crippen LogP) is 1.81. The minimum atomic E-state index is -0.427. The largest absolute Gasteiger partial charge is 0.496 e. The van der Waals surface area contributed by atoms with Crippen molar-refractivity contribution in [1.29, 1.82) is 0 Å². The molecule has 0 radical (unpaired) electrons. The fourth-order valence-corrected chi connectivity index (χ4v) is 2.78. The van der Waals surface area contributed by atoms with Crippen molar-refractivity contribution in [2.24, 2.45) is 0 Å². The molecule has 8 heteroatoms. The summed E-state index contributed by atoms with van der Waals surface area (Å²) in [5, 5.41) is 5.36. The second-order valence-corrected chi connectivity index (χ2v) is 6.01. The normalized spacial score (nSPS) is 10.1. The molecule has 2 rings (SSSR count). The lowest BCUT2D eigenvalue weighted by Crippen LogP contribution is -2.37. The molecule has 2 N–H and O–H groups in total. The van der Waals surface area contributed by atoms with E-state index in [9.17, 15) is 9.59 Å². The van der Waals surface area contributed by atoms with Crippen LogP contribution in [0.25, 0.3) is 0 Å². The van der Waals surface area contributed by atoms with E-state index in [1.54, 1.807) is 7.11 Å². The van der Waals surface area contributed by atoms with Gasteiger partial charge in [-0.05, 0) is 30.2 Å². The van der Waals surface area contributed by atoms with Crippen LogP contribution in [0.2, 0.25) is 0 Å². The van der Waals surface area contributed by atoms with Crippen LogP contribution in [-0.4, -0.2) is 53.3 Å². The average Bonchev–Trinajstić information content (AvgIpc) is 2.76. The van der Waals surface area contributed by atoms with Crippen molar-refractivity contribution in [2.75, 3.05) is 41.5 Å². The molecular formula is C21H26N2O6. The van der Waals surface area contributed by atoms with Gasteiger partial charge in [-0.15, -0.1) is 0 Å². The van der Waals surface area contributed by atoms with Gasteiger partial charge in [0.1, 0.15) is 5.75 Å². The van der Waals surface area contributed by atoms with E-state index in [0.717, 1.165) is 11.3 Å². The molecule has 0 saturated heterocycles. The smallest absolute Gasteiger partial charge is 0.251 e. The highest BCUT2D eigenvalue weighted by atomic mass is 16.5. The van der Waals surface area contributed by atoms with Gasteiger partial charge in [0.25, 0.3) is 5.91 Å². The Bertz CT molecular complexity index is 828. The quantitative estimate of drug-likeness (QED) is 0.629. The molecule has 29 heavy (non-hydrogen) atoms. The number of ether oxygens (including phenoxy) is 4. The minimum absolute atomic E-state index is 0.151. The van der Waals surface area contributed by atoms with Gasteiger partial charge in [0, 0.05) is 12.1 Å². The number of para-hydroxylation sites is 1. The van der Waals surface area contributed by atoms with Crippen LogP contribution in [0, 0.1) is 0 Å². The number of nitrogens with one attached hydrogen (secondary N) is 2. The molecule has 0 unspecified atom stereocenters. The molecule has 0 atom stereocenters. The van der Waals surface area contributed by atoms with Crippen molar-refractivity contribution in [2.45, 2.75) is 6.42 Å². The zero-order valence-corrected chi connectivity index (χ0v) is 17.0. The van der Waals surface area contributed by atoms with E-state index in [1.165, 1.54) is 33.5 Å². The van der Waals surface area contributed by atoms with Gasteiger partial charge in [-0.3, -0.25) is 9.59 Å². The van der Waals surface area contributed by atoms with Crippen molar-refractivity contribution < 1.29 is 28.5 Å². The molecule has 0 heterocycles. The fourth-order valence-electron chi connectivity index (χ4n) is 2.78. The molecule has 0 bridgehead atoms. The first kappa shape index (κ1) is 21.9. The van der Waals surface area contributed by atoms with Crippen molar-refractivity contribution in [3.05, 3.63) is 47.5 Å². The lowest BCUT2D eigenvalue weighted by Gasteiger charge is -2.14. The molecule has 0 saturated carbocycles. The molecule has 0 spiro atoms. The molecular weight excluding hydrogens is 376 g/mol. The van der Waals surface area contributed by atoms with Crippen LogP contribution in [0.15, 0.2) is 36.4 Å². The van der Waals surface area contributed by atoms with E-state index in [4.69, 9.17) is 18.9 Å². The average molecular weight is 402 g/mol. The topological polar surface area (TPSA) is 95.1 Å². The second-order valence-electron chi connectivity index (χ2n) is 6.01. The van der Waals surface area contributed by atoms with Crippen molar-refractivity contribution in [3.63, 3.8) is 0 Å². The monoisotopic (exact) mass is 402 g/mol. The molecule has 8 nitrogen and oxygen atoms in total. The van der Waals surface area contributed by atoms with Crippen LogP contribution in [0.1, 0.15) is 15.9 Å². The van der Waals surface area contributed by atoms with Gasteiger partial charge in [-0.2, -0.15) is 0 Å². The molecule has 2 aromatic rings. The Hall–Kier alpha value is -3.42. The van der Waals surface area contributed by atoms with Crippen molar-refractivity contribution >= 4 is 11.8 Å². The molecule has 0 aliphatic carbocycles. The van der Waals surface area contributed by atoms with Gasteiger partial charge < -0.3 is 29.6 Å². The molecule has 0 fully saturated rings. The number of benzene rings is 2. The highest BCUT2D eigenvalue weighted by Gasteiger charge is 2.17. The maximum absolute atomic E-state index is 12.4. The Kier molecular flexibility index (Phi) is 8.14. The Morgan fingerprint density at radius 2 is 1.45 bits per heavy atom. The summed E-state index contributed by atoms with van der Waals surface area (Å²) in [5.74, 6) is 1.17. The van der Waals surface area contributed by atoms with Crippen molar-refractivity contribution in [1.82, 2.24) is 10.6 Å². The van der Waals surface area contributed by atoms with E-state index in [2.05, 4.69) is 10.6 Å². The fraction of sp³-hybridized carbons (Fsp3) is 0.333. The van der Waals surface area contributed by atoms with E-state index >= 15 is 0 Å². The first-order valence-corrected chi connectivity index (χ1v) is 9.00. The number of amides is 2. The zero-order chi connectivity index (χ0) is 21.2. The summed E-state index contributed by atoms with van der Waals surface area (Å²) in [6.07, 6.45) is 0.622. The van der Waals surface area contributed by atoms with Crippen LogP contribution >= 0.6 is 0 Å². The van der Waals surface area contributed by atoms with E-state index < -0.39 is 5.91 Å². The summed E-state index contributed by atoms with van der Waals surface area (Å²) in [7, 11) is 6.02. The molecule has 0 aromatic heterocycles. The second kappa shape index (κ2) is 10.8. The van der Waals surface area contributed by atoms with E-state index in [-0.39, 0.29) is 12.5 Å². The predicted molar refractivity (Wildman–Crippen MR) is 108 cm³/mol. The van der Waals surface area contributed by atoms with Crippen LogP contribution in [0.3, 0.4) is 0 Å². The summed E-state index contributed by atoms with van der Waals surface area (Å²) in [5.41, 5.74) is 1.29. The SMILES string of the molecule is COc1ccccc1CCNC(=O)CNC(=O)c1cc(OC)c(OC)c(OC)c1. The Morgan fingerprint density at radius 3 is 2.03 bits per heavy atom. The third-order valence-electron chi connectivity index (χ3n) is 4.25. The maximum atomic E-state index is 12.4. The van der Waals surface area contributed by atoms with Crippen LogP contribution in [0.5, 0.6) is 23.0 Å². The first-order chi connectivity index (χ1) is 14.0. The number of methoxy groups -OCH3 is 4. The Labute approximate surface area is 170 Å². The van der Waals surface area contributed by atoms with E-state index in [0.29, 0.717) is 35.8 Å². The molecule has 2 amide bonds. The Morgan fingerprint density at radius 1 is 0.828 bits per heavy atom. The summed E-state index contributed by atoms with van der Waals surface area (Å²) in [4.78, 5) is 24.4. The summed E-state index contributed by atoms with van der Waals surface area (Å²) in [6, 6.07) is 10.7. The van der Waals surface area contributed by atoms with Gasteiger partial charge in [-0.1, -0.05) is 18.2 Å². The van der Waals surface area contributed by atoms with Gasteiger partial charge in [-0.25, -0.2) is 0 Å². The third kappa shape index (κ3) is 5.78. The van der Waals surface area contributed by atoms with Gasteiger partial charge in [0.15, 0.2) is 11.5 Å². The Balaban J connectivity index is 1.89. The van der Waals surface area contributed by atoms with Crippen LogP contribution in [0.4, 0.5) is 0 Å². The summed E-state index contributed by atoms with van der Waals surface area (Å²) in [6.45, 7) is 0.278. The molecule has 0 aliphatic heterocycles. The third-order valence-corrected chi connectivity index (χ3v) is 4.25. The lowest BCUT2D eigenvalue weighted by molar-refractivity contribution is -0.120. The summed E-state index contributed by atoms with van der Waals surface area (Å²) >= 11 is 0. The highest BCUT2D eigenvalue weighted by molar-refractivity contribution is 5.97. The lowest BCUT2D eigenvalue weighted by atomic mass is 10.1. The standard InChI is InChI=1S/C21H26N2O6/c1-26-16-8-6-5-7-14(16)9-10-22-19(24)13-23-21(25)15-11-17(27-2)20(29-4)18(12-15)28-3/h5-8,11-12H,9-10,13H2,1-4H3,(H,22,24)(H,23,25). The van der Waals surface area contributed by atoms with E-state index in [1.807, 2.05) is 24.3 Å². The number of rotatable bonds is 10. The first-order valence-electron chi connectivity index (χ1n) is 9.00. The molecule has 0 aliphatic rings. The van der Waals surface area contributed by atoms with Gasteiger partial charge in [0.05, 0.1) is 35.0 Å². The summed E-state index contributed by atoms with van der Waals surface area (Å²) < 4.78 is 21.0. The minimum Gasteiger partial charge on any atom is -0.496 e. The van der Waals surface area contributed by atoms with Crippen molar-refractivity contribution in [3.8, 4) is 23.0 Å². The van der Waals surface area contributed by atoms with Crippen LogP contribution < -0.4 is 29.6 Å². The highest BCUT2D eigenvalue weighted by Crippen LogP contribution is 2.38. The molecule has 156 valence electrons. The zero-order valence-electron chi connectivity index (χ0n) is 17.0. The van der Waals surface area contributed by atoms with Gasteiger partial charge >= 0.3 is 0 Å². The number of hydrogen-bond acceptors (Lipinski definition) is 6. The number of hydrogen-bond donors (Lipinski definition) is 2.